The zero-order chi connectivity index (χ0) is 15.9. The van der Waals surface area contributed by atoms with Crippen molar-refractivity contribution in [1.82, 2.24) is 10.2 Å². The van der Waals surface area contributed by atoms with Crippen LogP contribution in [-0.2, 0) is 22.7 Å². The average molecular weight is 338 g/mol. The second-order valence-electron chi connectivity index (χ2n) is 5.11. The van der Waals surface area contributed by atoms with E-state index < -0.39 is 0 Å². The normalized spacial score (nSPS) is 17.9. The Morgan fingerprint density at radius 2 is 2.09 bits per heavy atom. The van der Waals surface area contributed by atoms with E-state index >= 15 is 0 Å². The van der Waals surface area contributed by atoms with Crippen LogP contribution in [0.4, 0.5) is 0 Å². The molecule has 1 atom stereocenters. The number of carbonyl (C=O) groups excluding carboxylic acids is 1. The van der Waals surface area contributed by atoms with Crippen LogP contribution in [0.5, 0.6) is 0 Å². The van der Waals surface area contributed by atoms with Gasteiger partial charge in [-0.3, -0.25) is 9.69 Å². The van der Waals surface area contributed by atoms with Crippen LogP contribution < -0.4 is 5.32 Å². The van der Waals surface area contributed by atoms with E-state index in [0.29, 0.717) is 24.9 Å². The molecule has 1 aromatic rings. The molecule has 1 fully saturated rings. The van der Waals surface area contributed by atoms with Crippen LogP contribution in [0.1, 0.15) is 24.5 Å². The number of nitrogens with zero attached hydrogens (tertiary/aromatic N) is 1. The molecule has 0 aliphatic carbocycles. The topological polar surface area (TPSA) is 41.6 Å². The van der Waals surface area contributed by atoms with Crippen LogP contribution in [0.2, 0.25) is 0 Å². The van der Waals surface area contributed by atoms with E-state index in [2.05, 4.69) is 5.32 Å². The summed E-state index contributed by atoms with van der Waals surface area (Å²) in [5.74, 6) is 1.02. The number of rotatable bonds is 8. The minimum Gasteiger partial charge on any atom is -0.377 e. The minimum atomic E-state index is -0.181. The number of carbonyl (C=O) groups is 1. The van der Waals surface area contributed by atoms with Gasteiger partial charge in [-0.15, -0.1) is 0 Å². The number of benzene rings is 1. The summed E-state index contributed by atoms with van der Waals surface area (Å²) in [6, 6.07) is 7.85. The Balaban J connectivity index is 2.07. The van der Waals surface area contributed by atoms with Gasteiger partial charge >= 0.3 is 0 Å². The fourth-order valence-electron chi connectivity index (χ4n) is 2.39. The first-order chi connectivity index (χ1) is 10.7. The number of ether oxygens (including phenoxy) is 1. The van der Waals surface area contributed by atoms with Crippen molar-refractivity contribution >= 4 is 35.0 Å². The van der Waals surface area contributed by atoms with Gasteiger partial charge in [-0.25, -0.2) is 0 Å². The lowest BCUT2D eigenvalue weighted by Crippen LogP contribution is -2.31. The van der Waals surface area contributed by atoms with Gasteiger partial charge in [0.2, 0.25) is 0 Å². The third-order valence-corrected chi connectivity index (χ3v) is 4.61. The van der Waals surface area contributed by atoms with Crippen LogP contribution >= 0.6 is 24.0 Å². The highest BCUT2D eigenvalue weighted by Gasteiger charge is 2.34. The lowest BCUT2D eigenvalue weighted by atomic mass is 10.1. The van der Waals surface area contributed by atoms with Gasteiger partial charge in [0.05, 0.1) is 13.2 Å². The predicted octanol–water partition coefficient (Wildman–Crippen LogP) is 2.56. The van der Waals surface area contributed by atoms with Crippen molar-refractivity contribution in [2.45, 2.75) is 32.5 Å². The Labute approximate surface area is 141 Å². The smallest absolute Gasteiger partial charge is 0.251 e. The van der Waals surface area contributed by atoms with Crippen LogP contribution in [0.15, 0.2) is 24.3 Å². The summed E-state index contributed by atoms with van der Waals surface area (Å²) in [4.78, 5) is 14.2. The van der Waals surface area contributed by atoms with E-state index in [1.54, 1.807) is 16.7 Å². The SMILES string of the molecule is CCOCc1ccccc1CN1C(=O)C(CCSC)NC1=S. The fraction of sp³-hybridized carbons (Fsp3) is 0.500. The van der Waals surface area contributed by atoms with Crippen LogP contribution in [0.3, 0.4) is 0 Å². The van der Waals surface area contributed by atoms with E-state index in [-0.39, 0.29) is 11.9 Å². The van der Waals surface area contributed by atoms with Crippen molar-refractivity contribution in [3.05, 3.63) is 35.4 Å². The maximum Gasteiger partial charge on any atom is 0.251 e. The first-order valence-electron chi connectivity index (χ1n) is 7.42. The highest BCUT2D eigenvalue weighted by atomic mass is 32.2. The van der Waals surface area contributed by atoms with Gasteiger partial charge in [0.15, 0.2) is 5.11 Å². The summed E-state index contributed by atoms with van der Waals surface area (Å²) in [7, 11) is 0. The second-order valence-corrected chi connectivity index (χ2v) is 6.49. The molecule has 22 heavy (non-hydrogen) atoms. The molecule has 0 radical (unpaired) electrons. The molecule has 6 heteroatoms. The average Bonchev–Trinajstić information content (AvgIpc) is 2.79. The van der Waals surface area contributed by atoms with E-state index in [1.807, 2.05) is 37.4 Å². The number of hydrogen-bond acceptors (Lipinski definition) is 4. The third-order valence-electron chi connectivity index (χ3n) is 3.63. The van der Waals surface area contributed by atoms with E-state index in [0.717, 1.165) is 23.3 Å². The molecular weight excluding hydrogens is 316 g/mol. The number of thiocarbonyl (C=S) groups is 1. The Bertz CT molecular complexity index is 537. The number of amides is 1. The molecule has 1 N–H and O–H groups in total. The van der Waals surface area contributed by atoms with Crippen molar-refractivity contribution in [3.63, 3.8) is 0 Å². The maximum atomic E-state index is 12.5. The highest BCUT2D eigenvalue weighted by molar-refractivity contribution is 7.98. The van der Waals surface area contributed by atoms with Crippen LogP contribution in [-0.4, -0.2) is 40.6 Å². The van der Waals surface area contributed by atoms with Crippen LogP contribution in [0, 0.1) is 0 Å². The van der Waals surface area contributed by atoms with E-state index in [9.17, 15) is 4.79 Å². The first-order valence-corrected chi connectivity index (χ1v) is 9.23. The first kappa shape index (κ1) is 17.2. The lowest BCUT2D eigenvalue weighted by molar-refractivity contribution is -0.127. The number of thioether (sulfide) groups is 1. The van der Waals surface area contributed by atoms with Crippen molar-refractivity contribution in [2.75, 3.05) is 18.6 Å². The van der Waals surface area contributed by atoms with Gasteiger partial charge in [-0.05, 0) is 48.7 Å². The molecule has 1 amide bonds. The van der Waals surface area contributed by atoms with Gasteiger partial charge < -0.3 is 10.1 Å². The van der Waals surface area contributed by atoms with E-state index in [1.165, 1.54) is 0 Å². The molecular formula is C16H22N2O2S2. The van der Waals surface area contributed by atoms with Gasteiger partial charge in [0.25, 0.3) is 5.91 Å². The molecule has 120 valence electrons. The molecule has 4 nitrogen and oxygen atoms in total. The Morgan fingerprint density at radius 3 is 2.77 bits per heavy atom. The lowest BCUT2D eigenvalue weighted by Gasteiger charge is -2.17. The Morgan fingerprint density at radius 1 is 1.36 bits per heavy atom. The number of nitrogens with one attached hydrogen (secondary N) is 1. The molecule has 1 heterocycles. The predicted molar refractivity (Wildman–Crippen MR) is 94.8 cm³/mol. The molecule has 1 aliphatic rings. The molecule has 2 rings (SSSR count). The maximum absolute atomic E-state index is 12.5. The van der Waals surface area contributed by atoms with Gasteiger partial charge in [-0.1, -0.05) is 24.3 Å². The summed E-state index contributed by atoms with van der Waals surface area (Å²) < 4.78 is 5.50. The molecule has 1 saturated heterocycles. The Hall–Kier alpha value is -1.11. The molecule has 1 unspecified atom stereocenters. The summed E-state index contributed by atoms with van der Waals surface area (Å²) >= 11 is 7.07. The minimum absolute atomic E-state index is 0.0743. The number of hydrogen-bond donors (Lipinski definition) is 1. The second kappa shape index (κ2) is 8.50. The molecule has 0 saturated carbocycles. The molecule has 0 aromatic heterocycles. The summed E-state index contributed by atoms with van der Waals surface area (Å²) in [6.45, 7) is 3.71. The molecule has 1 aliphatic heterocycles. The van der Waals surface area contributed by atoms with Gasteiger partial charge in [0, 0.05) is 6.61 Å². The van der Waals surface area contributed by atoms with Gasteiger partial charge in [0.1, 0.15) is 6.04 Å². The van der Waals surface area contributed by atoms with Crippen molar-refractivity contribution in [2.24, 2.45) is 0 Å². The molecule has 1 aromatic carbocycles. The monoisotopic (exact) mass is 338 g/mol. The van der Waals surface area contributed by atoms with Crippen molar-refractivity contribution < 1.29 is 9.53 Å². The van der Waals surface area contributed by atoms with Crippen LogP contribution in [0.25, 0.3) is 0 Å². The molecule has 0 bridgehead atoms. The van der Waals surface area contributed by atoms with Crippen molar-refractivity contribution in [1.29, 1.82) is 0 Å². The quantitative estimate of drug-likeness (QED) is 0.738. The highest BCUT2D eigenvalue weighted by Crippen LogP contribution is 2.18. The molecule has 0 spiro atoms. The standard InChI is InChI=1S/C16H22N2O2S2/c1-3-20-11-13-7-5-4-6-12(13)10-18-15(19)14(8-9-22-2)17-16(18)21/h4-7,14H,3,8-11H2,1-2H3,(H,17,21). The third kappa shape index (κ3) is 4.21. The zero-order valence-corrected chi connectivity index (χ0v) is 14.6. The summed E-state index contributed by atoms with van der Waals surface area (Å²) in [6.07, 6.45) is 2.84. The van der Waals surface area contributed by atoms with Crippen molar-refractivity contribution in [3.8, 4) is 0 Å². The summed E-state index contributed by atoms with van der Waals surface area (Å²) in [5.41, 5.74) is 2.19. The Kier molecular flexibility index (Phi) is 6.67. The van der Waals surface area contributed by atoms with Gasteiger partial charge in [-0.2, -0.15) is 11.8 Å². The summed E-state index contributed by atoms with van der Waals surface area (Å²) in [5, 5.41) is 3.66. The zero-order valence-electron chi connectivity index (χ0n) is 13.0. The largest absolute Gasteiger partial charge is 0.377 e. The fourth-order valence-corrected chi connectivity index (χ4v) is 3.16. The van der Waals surface area contributed by atoms with E-state index in [4.69, 9.17) is 17.0 Å².